The molecule has 4 nitrogen and oxygen atoms in total. The van der Waals surface area contributed by atoms with Crippen LogP contribution in [0.3, 0.4) is 0 Å². The fourth-order valence-electron chi connectivity index (χ4n) is 2.66. The van der Waals surface area contributed by atoms with Crippen molar-refractivity contribution in [1.29, 1.82) is 0 Å². The molecular formula is C18H19NO3S. The van der Waals surface area contributed by atoms with Crippen LogP contribution < -0.4 is 4.74 Å². The molecule has 0 saturated carbocycles. The van der Waals surface area contributed by atoms with Gasteiger partial charge >= 0.3 is 0 Å². The van der Waals surface area contributed by atoms with Gasteiger partial charge in [-0.05, 0) is 23.3 Å². The summed E-state index contributed by atoms with van der Waals surface area (Å²) >= 11 is 1.59. The number of hydrogen-bond acceptors (Lipinski definition) is 4. The smallest absolute Gasteiger partial charge is 0.233 e. The molecule has 2 aromatic carbocycles. The average Bonchev–Trinajstić information content (AvgIpc) is 2.96. The minimum absolute atomic E-state index is 0.0609. The van der Waals surface area contributed by atoms with Gasteiger partial charge in [-0.3, -0.25) is 4.79 Å². The Hall–Kier alpha value is -1.98. The third-order valence-corrected chi connectivity index (χ3v) is 5.18. The monoisotopic (exact) mass is 329 g/mol. The van der Waals surface area contributed by atoms with E-state index in [1.54, 1.807) is 23.8 Å². The van der Waals surface area contributed by atoms with Crippen molar-refractivity contribution in [2.24, 2.45) is 0 Å². The zero-order valence-corrected chi connectivity index (χ0v) is 13.7. The molecule has 3 rings (SSSR count). The van der Waals surface area contributed by atoms with Gasteiger partial charge < -0.3 is 14.7 Å². The van der Waals surface area contributed by atoms with Gasteiger partial charge in [-0.15, -0.1) is 11.8 Å². The van der Waals surface area contributed by atoms with Crippen molar-refractivity contribution in [3.05, 3.63) is 65.7 Å². The summed E-state index contributed by atoms with van der Waals surface area (Å²) in [4.78, 5) is 14.0. The minimum atomic E-state index is -0.681. The summed E-state index contributed by atoms with van der Waals surface area (Å²) in [5.41, 5.74) is 1.87. The van der Waals surface area contributed by atoms with Gasteiger partial charge in [-0.1, -0.05) is 42.5 Å². The summed E-state index contributed by atoms with van der Waals surface area (Å²) in [7, 11) is 1.63. The molecule has 5 heteroatoms. The molecule has 1 N–H and O–H groups in total. The highest BCUT2D eigenvalue weighted by Gasteiger charge is 2.34. The van der Waals surface area contributed by atoms with Crippen LogP contribution in [0.25, 0.3) is 0 Å². The molecule has 1 saturated heterocycles. The highest BCUT2D eigenvalue weighted by Crippen LogP contribution is 2.39. The van der Waals surface area contributed by atoms with Crippen LogP contribution in [0, 0.1) is 0 Å². The quantitative estimate of drug-likeness (QED) is 0.916. The molecule has 0 spiro atoms. The summed E-state index contributed by atoms with van der Waals surface area (Å²) in [6.07, 6.45) is -0.681. The number of nitrogens with zero attached hydrogens (tertiary/aromatic N) is 1. The molecule has 120 valence electrons. The van der Waals surface area contributed by atoms with Gasteiger partial charge in [0.25, 0.3) is 0 Å². The summed E-state index contributed by atoms with van der Waals surface area (Å²) in [5.74, 6) is 1.29. The standard InChI is InChI=1S/C18H19NO3S/c1-22-15-9-7-14(8-10-15)18-19(17(21)12-23-18)11-16(20)13-5-3-2-4-6-13/h2-10,16,18,20H,11-12H2,1H3/t16-,18-/m0/s1. The minimum Gasteiger partial charge on any atom is -0.497 e. The predicted octanol–water partition coefficient (Wildman–Crippen LogP) is 3.00. The lowest BCUT2D eigenvalue weighted by Gasteiger charge is -2.27. The number of amides is 1. The van der Waals surface area contributed by atoms with E-state index in [1.807, 2.05) is 54.6 Å². The second-order valence-corrected chi connectivity index (χ2v) is 6.48. The summed E-state index contributed by atoms with van der Waals surface area (Å²) < 4.78 is 5.17. The first kappa shape index (κ1) is 15.9. The second-order valence-electron chi connectivity index (χ2n) is 5.41. The van der Waals surface area contributed by atoms with E-state index in [1.165, 1.54) is 0 Å². The number of carbonyl (C=O) groups is 1. The van der Waals surface area contributed by atoms with Crippen LogP contribution in [0.4, 0.5) is 0 Å². The predicted molar refractivity (Wildman–Crippen MR) is 91.3 cm³/mol. The molecule has 23 heavy (non-hydrogen) atoms. The maximum Gasteiger partial charge on any atom is 0.233 e. The van der Waals surface area contributed by atoms with Crippen LogP contribution in [0.5, 0.6) is 5.75 Å². The maximum absolute atomic E-state index is 12.2. The van der Waals surface area contributed by atoms with Crippen LogP contribution in [-0.4, -0.2) is 35.3 Å². The van der Waals surface area contributed by atoms with Gasteiger partial charge in [0, 0.05) is 0 Å². The molecule has 0 aromatic heterocycles. The Morgan fingerprint density at radius 1 is 1.22 bits per heavy atom. The van der Waals surface area contributed by atoms with Crippen molar-refractivity contribution in [2.75, 3.05) is 19.4 Å². The van der Waals surface area contributed by atoms with Crippen molar-refractivity contribution < 1.29 is 14.6 Å². The zero-order chi connectivity index (χ0) is 16.2. The number of benzene rings is 2. The molecule has 1 amide bonds. The van der Waals surface area contributed by atoms with E-state index in [-0.39, 0.29) is 11.3 Å². The van der Waals surface area contributed by atoms with Crippen LogP contribution in [0.15, 0.2) is 54.6 Å². The largest absolute Gasteiger partial charge is 0.497 e. The van der Waals surface area contributed by atoms with Gasteiger partial charge in [0.15, 0.2) is 0 Å². The molecule has 0 radical (unpaired) electrons. The molecule has 2 aromatic rings. The van der Waals surface area contributed by atoms with Crippen LogP contribution in [-0.2, 0) is 4.79 Å². The Bertz CT molecular complexity index is 660. The Balaban J connectivity index is 1.76. The average molecular weight is 329 g/mol. The number of thioether (sulfide) groups is 1. The van der Waals surface area contributed by atoms with Crippen molar-refractivity contribution in [1.82, 2.24) is 4.90 Å². The van der Waals surface area contributed by atoms with Crippen molar-refractivity contribution >= 4 is 17.7 Å². The van der Waals surface area contributed by atoms with E-state index in [9.17, 15) is 9.90 Å². The summed E-state index contributed by atoms with van der Waals surface area (Å²) in [6, 6.07) is 17.2. The van der Waals surface area contributed by atoms with Crippen molar-refractivity contribution in [2.45, 2.75) is 11.5 Å². The Morgan fingerprint density at radius 2 is 1.91 bits per heavy atom. The first-order valence-corrected chi connectivity index (χ1v) is 8.52. The SMILES string of the molecule is COc1ccc([C@@H]2SCC(=O)N2C[C@H](O)c2ccccc2)cc1. The van der Waals surface area contributed by atoms with Crippen molar-refractivity contribution in [3.63, 3.8) is 0 Å². The zero-order valence-electron chi connectivity index (χ0n) is 12.9. The second kappa shape index (κ2) is 7.06. The molecule has 0 aliphatic carbocycles. The van der Waals surface area contributed by atoms with Crippen LogP contribution >= 0.6 is 11.8 Å². The fraction of sp³-hybridized carbons (Fsp3) is 0.278. The molecule has 0 unspecified atom stereocenters. The number of rotatable bonds is 5. The van der Waals surface area contributed by atoms with Gasteiger partial charge in [0.2, 0.25) is 5.91 Å². The summed E-state index contributed by atoms with van der Waals surface area (Å²) in [6.45, 7) is 0.298. The molecule has 2 atom stereocenters. The van der Waals surface area contributed by atoms with E-state index in [0.717, 1.165) is 16.9 Å². The van der Waals surface area contributed by atoms with E-state index >= 15 is 0 Å². The number of carbonyl (C=O) groups excluding carboxylic acids is 1. The number of aliphatic hydroxyl groups excluding tert-OH is 1. The first-order valence-electron chi connectivity index (χ1n) is 7.47. The number of aliphatic hydroxyl groups is 1. The van der Waals surface area contributed by atoms with Crippen LogP contribution in [0.2, 0.25) is 0 Å². The molecule has 1 fully saturated rings. The molecule has 1 heterocycles. The highest BCUT2D eigenvalue weighted by atomic mass is 32.2. The maximum atomic E-state index is 12.2. The molecular weight excluding hydrogens is 310 g/mol. The van der Waals surface area contributed by atoms with E-state index in [4.69, 9.17) is 4.74 Å². The third-order valence-electron chi connectivity index (χ3n) is 3.92. The number of hydrogen-bond donors (Lipinski definition) is 1. The number of methoxy groups -OCH3 is 1. The van der Waals surface area contributed by atoms with Crippen molar-refractivity contribution in [3.8, 4) is 5.75 Å². The van der Waals surface area contributed by atoms with Gasteiger partial charge in [-0.2, -0.15) is 0 Å². The lowest BCUT2D eigenvalue weighted by molar-refractivity contribution is -0.129. The molecule has 1 aliphatic heterocycles. The van der Waals surface area contributed by atoms with Gasteiger partial charge in [0.1, 0.15) is 11.1 Å². The first-order chi connectivity index (χ1) is 11.2. The highest BCUT2D eigenvalue weighted by molar-refractivity contribution is 8.00. The Labute approximate surface area is 140 Å². The normalized spacial score (nSPS) is 19.0. The third kappa shape index (κ3) is 3.51. The molecule has 1 aliphatic rings. The van der Waals surface area contributed by atoms with Gasteiger partial charge in [-0.25, -0.2) is 0 Å². The van der Waals surface area contributed by atoms with E-state index < -0.39 is 6.10 Å². The topological polar surface area (TPSA) is 49.8 Å². The lowest BCUT2D eigenvalue weighted by Crippen LogP contribution is -2.32. The van der Waals surface area contributed by atoms with E-state index in [0.29, 0.717) is 12.3 Å². The number of β-amino-alcohol motifs (C(OH)–C–C–N with tert-alkyl or cyclic N) is 1. The fourth-order valence-corrected chi connectivity index (χ4v) is 3.86. The Morgan fingerprint density at radius 3 is 2.57 bits per heavy atom. The van der Waals surface area contributed by atoms with Crippen LogP contribution in [0.1, 0.15) is 22.6 Å². The molecule has 0 bridgehead atoms. The van der Waals surface area contributed by atoms with E-state index in [2.05, 4.69) is 0 Å². The lowest BCUT2D eigenvalue weighted by atomic mass is 10.1. The Kier molecular flexibility index (Phi) is 4.88. The van der Waals surface area contributed by atoms with Gasteiger partial charge in [0.05, 0.1) is 25.5 Å². The number of ether oxygens (including phenoxy) is 1. The summed E-state index contributed by atoms with van der Waals surface area (Å²) in [5, 5.41) is 10.4.